The van der Waals surface area contributed by atoms with E-state index in [1.54, 1.807) is 30.3 Å². The van der Waals surface area contributed by atoms with Crippen molar-refractivity contribution in [1.82, 2.24) is 20.0 Å². The molecule has 22 heavy (non-hydrogen) atoms. The van der Waals surface area contributed by atoms with Crippen molar-refractivity contribution in [2.75, 3.05) is 12.4 Å². The third kappa shape index (κ3) is 2.68. The van der Waals surface area contributed by atoms with Crippen LogP contribution < -0.4 is 10.1 Å². The van der Waals surface area contributed by atoms with Crippen molar-refractivity contribution in [3.8, 4) is 11.4 Å². The van der Waals surface area contributed by atoms with Gasteiger partial charge in [0.15, 0.2) is 10.8 Å². The predicted octanol–water partition coefficient (Wildman–Crippen LogP) is 2.29. The van der Waals surface area contributed by atoms with Gasteiger partial charge in [-0.15, -0.1) is 16.4 Å². The Balaban J connectivity index is 1.89. The molecule has 7 nitrogen and oxygen atoms in total. The van der Waals surface area contributed by atoms with Crippen LogP contribution in [0.15, 0.2) is 35.8 Å². The Morgan fingerprint density at radius 3 is 3.00 bits per heavy atom. The molecular formula is C14H13N5O2S. The summed E-state index contributed by atoms with van der Waals surface area (Å²) in [4.78, 5) is 16.2. The molecule has 0 fully saturated rings. The molecule has 0 aliphatic rings. The highest BCUT2D eigenvalue weighted by Crippen LogP contribution is 2.19. The van der Waals surface area contributed by atoms with E-state index in [1.807, 2.05) is 24.3 Å². The summed E-state index contributed by atoms with van der Waals surface area (Å²) in [6.07, 6.45) is 1.63. The van der Waals surface area contributed by atoms with Gasteiger partial charge in [0, 0.05) is 17.6 Å². The minimum Gasteiger partial charge on any atom is -0.497 e. The van der Waals surface area contributed by atoms with Gasteiger partial charge in [-0.2, -0.15) is 0 Å². The molecule has 0 aliphatic carbocycles. The van der Waals surface area contributed by atoms with Gasteiger partial charge >= 0.3 is 0 Å². The summed E-state index contributed by atoms with van der Waals surface area (Å²) < 4.78 is 6.79. The maximum atomic E-state index is 12.2. The summed E-state index contributed by atoms with van der Waals surface area (Å²) in [6.45, 7) is 1.79. The van der Waals surface area contributed by atoms with E-state index in [2.05, 4.69) is 20.6 Å². The van der Waals surface area contributed by atoms with Gasteiger partial charge in [0.2, 0.25) is 0 Å². The molecule has 112 valence electrons. The molecule has 3 aromatic rings. The molecule has 0 radical (unpaired) electrons. The Labute approximate surface area is 130 Å². The van der Waals surface area contributed by atoms with Crippen LogP contribution in [-0.4, -0.2) is 33.0 Å². The fourth-order valence-corrected chi connectivity index (χ4v) is 2.49. The summed E-state index contributed by atoms with van der Waals surface area (Å²) >= 11 is 1.35. The first kappa shape index (κ1) is 14.2. The zero-order valence-electron chi connectivity index (χ0n) is 12.0. The van der Waals surface area contributed by atoms with Crippen molar-refractivity contribution in [3.63, 3.8) is 0 Å². The molecule has 0 saturated heterocycles. The number of methoxy groups -OCH3 is 1. The Morgan fingerprint density at radius 2 is 2.27 bits per heavy atom. The summed E-state index contributed by atoms with van der Waals surface area (Å²) in [5.41, 5.74) is 1.68. The largest absolute Gasteiger partial charge is 0.497 e. The van der Waals surface area contributed by atoms with E-state index < -0.39 is 0 Å². The molecule has 2 aromatic heterocycles. The van der Waals surface area contributed by atoms with Crippen LogP contribution in [0.4, 0.5) is 5.13 Å². The zero-order valence-corrected chi connectivity index (χ0v) is 12.8. The number of aromatic nitrogens is 4. The van der Waals surface area contributed by atoms with Gasteiger partial charge in [0.05, 0.1) is 18.5 Å². The van der Waals surface area contributed by atoms with Crippen molar-refractivity contribution in [2.24, 2.45) is 0 Å². The molecule has 1 N–H and O–H groups in total. The molecule has 3 rings (SSSR count). The van der Waals surface area contributed by atoms with E-state index in [9.17, 15) is 4.79 Å². The lowest BCUT2D eigenvalue weighted by Crippen LogP contribution is -2.14. The van der Waals surface area contributed by atoms with Gasteiger partial charge in [-0.1, -0.05) is 11.3 Å². The van der Waals surface area contributed by atoms with Crippen LogP contribution in [0.5, 0.6) is 5.75 Å². The van der Waals surface area contributed by atoms with E-state index in [4.69, 9.17) is 4.74 Å². The Hall–Kier alpha value is -2.74. The molecule has 0 saturated carbocycles. The predicted molar refractivity (Wildman–Crippen MR) is 82.7 cm³/mol. The van der Waals surface area contributed by atoms with Crippen molar-refractivity contribution in [2.45, 2.75) is 6.92 Å². The molecular weight excluding hydrogens is 302 g/mol. The summed E-state index contributed by atoms with van der Waals surface area (Å²) in [6, 6.07) is 7.38. The number of hydrogen-bond donors (Lipinski definition) is 1. The first-order valence-electron chi connectivity index (χ1n) is 6.46. The SMILES string of the molecule is COc1cccc(-n2nnc(C(=O)Nc3nccs3)c2C)c1. The number of carbonyl (C=O) groups excluding carboxylic acids is 1. The third-order valence-corrected chi connectivity index (χ3v) is 3.75. The molecule has 1 amide bonds. The van der Waals surface area contributed by atoms with Crippen molar-refractivity contribution < 1.29 is 9.53 Å². The topological polar surface area (TPSA) is 81.9 Å². The minimum atomic E-state index is -0.332. The number of carbonyl (C=O) groups is 1. The number of nitrogens with zero attached hydrogens (tertiary/aromatic N) is 4. The standard InChI is InChI=1S/C14H13N5O2S/c1-9-12(13(20)16-14-15-6-7-22-14)17-18-19(9)10-4-3-5-11(8-10)21-2/h3-8H,1-2H3,(H,15,16,20). The lowest BCUT2D eigenvalue weighted by molar-refractivity contribution is 0.102. The maximum absolute atomic E-state index is 12.2. The molecule has 8 heteroatoms. The number of anilines is 1. The van der Waals surface area contributed by atoms with Gasteiger partial charge in [0.1, 0.15) is 5.75 Å². The molecule has 0 atom stereocenters. The number of benzene rings is 1. The molecule has 2 heterocycles. The molecule has 0 spiro atoms. The lowest BCUT2D eigenvalue weighted by atomic mass is 10.2. The lowest BCUT2D eigenvalue weighted by Gasteiger charge is -2.06. The van der Waals surface area contributed by atoms with Crippen LogP contribution in [0.25, 0.3) is 5.69 Å². The first-order valence-corrected chi connectivity index (χ1v) is 7.34. The van der Waals surface area contributed by atoms with E-state index in [-0.39, 0.29) is 11.6 Å². The number of rotatable bonds is 4. The van der Waals surface area contributed by atoms with Crippen LogP contribution in [0.3, 0.4) is 0 Å². The zero-order chi connectivity index (χ0) is 15.5. The second kappa shape index (κ2) is 5.94. The Morgan fingerprint density at radius 1 is 1.41 bits per heavy atom. The number of thiazole rings is 1. The molecule has 1 aromatic carbocycles. The summed E-state index contributed by atoms with van der Waals surface area (Å²) in [5.74, 6) is 0.378. The summed E-state index contributed by atoms with van der Waals surface area (Å²) in [5, 5.41) is 13.0. The van der Waals surface area contributed by atoms with Gasteiger partial charge < -0.3 is 4.74 Å². The fourth-order valence-electron chi connectivity index (χ4n) is 1.97. The third-order valence-electron chi connectivity index (χ3n) is 3.06. The number of ether oxygens (including phenoxy) is 1. The first-order chi connectivity index (χ1) is 10.7. The Kier molecular flexibility index (Phi) is 3.84. The molecule has 0 aliphatic heterocycles. The number of amides is 1. The normalized spacial score (nSPS) is 10.5. The van der Waals surface area contributed by atoms with Crippen molar-refractivity contribution >= 4 is 22.4 Å². The van der Waals surface area contributed by atoms with Crippen molar-refractivity contribution in [1.29, 1.82) is 0 Å². The van der Waals surface area contributed by atoms with E-state index >= 15 is 0 Å². The average Bonchev–Trinajstić information content (AvgIpc) is 3.17. The minimum absolute atomic E-state index is 0.262. The van der Waals surface area contributed by atoms with Crippen molar-refractivity contribution in [3.05, 3.63) is 47.2 Å². The number of hydrogen-bond acceptors (Lipinski definition) is 6. The van der Waals surface area contributed by atoms with Gasteiger partial charge in [0.25, 0.3) is 5.91 Å². The average molecular weight is 315 g/mol. The highest BCUT2D eigenvalue weighted by molar-refractivity contribution is 7.13. The van der Waals surface area contributed by atoms with Crippen LogP contribution in [0.2, 0.25) is 0 Å². The monoisotopic (exact) mass is 315 g/mol. The Bertz CT molecular complexity index is 797. The van der Waals surface area contributed by atoms with E-state index in [0.29, 0.717) is 16.6 Å². The second-order valence-electron chi connectivity index (χ2n) is 4.43. The number of nitrogens with one attached hydrogen (secondary N) is 1. The van der Waals surface area contributed by atoms with E-state index in [1.165, 1.54) is 11.3 Å². The van der Waals surface area contributed by atoms with E-state index in [0.717, 1.165) is 5.69 Å². The highest BCUT2D eigenvalue weighted by atomic mass is 32.1. The van der Waals surface area contributed by atoms with Gasteiger partial charge in [-0.25, -0.2) is 9.67 Å². The van der Waals surface area contributed by atoms with Gasteiger partial charge in [-0.05, 0) is 19.1 Å². The molecule has 0 unspecified atom stereocenters. The van der Waals surface area contributed by atoms with Crippen LogP contribution in [0, 0.1) is 6.92 Å². The maximum Gasteiger partial charge on any atom is 0.279 e. The van der Waals surface area contributed by atoms with Crippen LogP contribution in [-0.2, 0) is 0 Å². The highest BCUT2D eigenvalue weighted by Gasteiger charge is 2.18. The quantitative estimate of drug-likeness (QED) is 0.799. The fraction of sp³-hybridized carbons (Fsp3) is 0.143. The molecule has 0 bridgehead atoms. The van der Waals surface area contributed by atoms with Crippen LogP contribution in [0.1, 0.15) is 16.2 Å². The summed E-state index contributed by atoms with van der Waals surface area (Å²) in [7, 11) is 1.60. The van der Waals surface area contributed by atoms with Gasteiger partial charge in [-0.3, -0.25) is 10.1 Å². The second-order valence-corrected chi connectivity index (χ2v) is 5.32. The smallest absolute Gasteiger partial charge is 0.279 e. The van der Waals surface area contributed by atoms with Crippen LogP contribution >= 0.6 is 11.3 Å².